The van der Waals surface area contributed by atoms with Gasteiger partial charge in [-0.3, -0.25) is 4.79 Å². The number of anilines is 2. The molecule has 1 aromatic heterocycles. The van der Waals surface area contributed by atoms with Crippen LogP contribution in [0.3, 0.4) is 0 Å². The van der Waals surface area contributed by atoms with E-state index in [9.17, 15) is 9.59 Å². The number of para-hydroxylation sites is 1. The molecule has 0 unspecified atom stereocenters. The maximum Gasteiger partial charge on any atom is 0.319 e. The quantitative estimate of drug-likeness (QED) is 0.650. The van der Waals surface area contributed by atoms with Gasteiger partial charge in [0.25, 0.3) is 0 Å². The summed E-state index contributed by atoms with van der Waals surface area (Å²) >= 11 is 0. The first-order valence-electron chi connectivity index (χ1n) is 9.98. The lowest BCUT2D eigenvalue weighted by Gasteiger charge is -2.15. The van der Waals surface area contributed by atoms with Crippen molar-refractivity contribution in [2.45, 2.75) is 25.7 Å². The highest BCUT2D eigenvalue weighted by Crippen LogP contribution is 2.32. The summed E-state index contributed by atoms with van der Waals surface area (Å²) in [5.41, 5.74) is 2.23. The van der Waals surface area contributed by atoms with Crippen molar-refractivity contribution in [2.24, 2.45) is 0 Å². The second kappa shape index (κ2) is 8.77. The molecule has 1 fully saturated rings. The highest BCUT2D eigenvalue weighted by atomic mass is 16.5. The maximum absolute atomic E-state index is 12.4. The molecule has 0 aliphatic carbocycles. The Kier molecular flexibility index (Phi) is 5.74. The smallest absolute Gasteiger partial charge is 0.319 e. The topological polar surface area (TPSA) is 100 Å². The van der Waals surface area contributed by atoms with Gasteiger partial charge < -0.3 is 20.1 Å². The zero-order valence-corrected chi connectivity index (χ0v) is 16.7. The number of nitrogens with zero attached hydrogens (tertiary/aromatic N) is 3. The molecular weight excluding hydrogens is 382 g/mol. The van der Waals surface area contributed by atoms with Crippen molar-refractivity contribution in [1.82, 2.24) is 15.5 Å². The van der Waals surface area contributed by atoms with Crippen molar-refractivity contribution in [3.05, 3.63) is 60.5 Å². The van der Waals surface area contributed by atoms with Crippen molar-refractivity contribution in [3.63, 3.8) is 0 Å². The molecule has 0 spiro atoms. The van der Waals surface area contributed by atoms with Crippen LogP contribution in [-0.2, 0) is 4.79 Å². The van der Waals surface area contributed by atoms with Crippen LogP contribution in [0.2, 0.25) is 0 Å². The molecule has 2 heterocycles. The van der Waals surface area contributed by atoms with Crippen LogP contribution in [0, 0.1) is 0 Å². The van der Waals surface area contributed by atoms with Gasteiger partial charge in [0, 0.05) is 36.4 Å². The third-order valence-electron chi connectivity index (χ3n) is 4.90. The first kappa shape index (κ1) is 19.6. The van der Waals surface area contributed by atoms with Crippen LogP contribution in [0.1, 0.15) is 31.6 Å². The van der Waals surface area contributed by atoms with E-state index in [0.717, 1.165) is 17.7 Å². The number of carbonyl (C=O) groups is 2. The zero-order chi connectivity index (χ0) is 20.9. The molecule has 1 atom stereocenters. The fourth-order valence-corrected chi connectivity index (χ4v) is 3.40. The molecule has 3 amide bonds. The molecule has 1 saturated heterocycles. The number of urea groups is 1. The van der Waals surface area contributed by atoms with Crippen molar-refractivity contribution in [2.75, 3.05) is 23.3 Å². The van der Waals surface area contributed by atoms with Gasteiger partial charge >= 0.3 is 6.03 Å². The number of hydrogen-bond acceptors (Lipinski definition) is 5. The van der Waals surface area contributed by atoms with E-state index in [1.165, 1.54) is 0 Å². The number of rotatable bonds is 6. The average molecular weight is 405 g/mol. The molecule has 2 N–H and O–H groups in total. The Balaban J connectivity index is 1.46. The third kappa shape index (κ3) is 4.32. The van der Waals surface area contributed by atoms with Gasteiger partial charge in [-0.25, -0.2) is 4.79 Å². The minimum atomic E-state index is -0.256. The normalized spacial score (nSPS) is 16.0. The molecule has 0 bridgehead atoms. The summed E-state index contributed by atoms with van der Waals surface area (Å²) in [6.07, 6.45) is 1.19. The number of nitrogens with one attached hydrogen (secondary N) is 2. The number of hydrogen-bond donors (Lipinski definition) is 2. The van der Waals surface area contributed by atoms with Crippen molar-refractivity contribution in [1.29, 1.82) is 0 Å². The molecule has 4 rings (SSSR count). The predicted octanol–water partition coefficient (Wildman–Crippen LogP) is 3.79. The molecule has 8 heteroatoms. The average Bonchev–Trinajstić information content (AvgIpc) is 3.40. The van der Waals surface area contributed by atoms with Crippen LogP contribution in [0.15, 0.2) is 59.1 Å². The predicted molar refractivity (Wildman–Crippen MR) is 113 cm³/mol. The molecule has 1 aliphatic heterocycles. The van der Waals surface area contributed by atoms with Crippen LogP contribution in [0.4, 0.5) is 16.2 Å². The monoisotopic (exact) mass is 405 g/mol. The lowest BCUT2D eigenvalue weighted by Crippen LogP contribution is -2.29. The van der Waals surface area contributed by atoms with E-state index >= 15 is 0 Å². The third-order valence-corrected chi connectivity index (χ3v) is 4.90. The van der Waals surface area contributed by atoms with E-state index < -0.39 is 0 Å². The van der Waals surface area contributed by atoms with Crippen LogP contribution in [0.5, 0.6) is 0 Å². The van der Waals surface area contributed by atoms with E-state index in [0.29, 0.717) is 36.9 Å². The summed E-state index contributed by atoms with van der Waals surface area (Å²) in [4.78, 5) is 30.6. The van der Waals surface area contributed by atoms with Crippen molar-refractivity contribution >= 4 is 23.3 Å². The van der Waals surface area contributed by atoms with Gasteiger partial charge in [0.05, 0.1) is 5.92 Å². The summed E-state index contributed by atoms with van der Waals surface area (Å²) in [6.45, 7) is 3.11. The highest BCUT2D eigenvalue weighted by Gasteiger charge is 2.35. The Labute approximate surface area is 174 Å². The van der Waals surface area contributed by atoms with Crippen molar-refractivity contribution < 1.29 is 14.1 Å². The standard InChI is InChI=1S/C22H23N5O3/c1-2-11-23-22(29)24-17-8-6-7-15(12-17)20-25-21(30-26-20)16-13-19(28)27(14-16)18-9-4-3-5-10-18/h3-10,12,16H,2,11,13-14H2,1H3,(H2,23,24,29)/t16-/m0/s1. The van der Waals surface area contributed by atoms with Gasteiger partial charge in [-0.1, -0.05) is 42.4 Å². The second-order valence-corrected chi connectivity index (χ2v) is 7.16. The Morgan fingerprint density at radius 3 is 2.83 bits per heavy atom. The van der Waals surface area contributed by atoms with Gasteiger partial charge in [-0.2, -0.15) is 4.98 Å². The molecule has 154 valence electrons. The molecular formula is C22H23N5O3. The Morgan fingerprint density at radius 2 is 2.03 bits per heavy atom. The number of benzene rings is 2. The molecule has 1 aliphatic rings. The minimum absolute atomic E-state index is 0.0373. The van der Waals surface area contributed by atoms with Gasteiger partial charge in [0.15, 0.2) is 0 Å². The first-order chi connectivity index (χ1) is 14.6. The molecule has 0 saturated carbocycles. The molecule has 2 aromatic carbocycles. The summed E-state index contributed by atoms with van der Waals surface area (Å²) in [5, 5.41) is 9.64. The Hall–Kier alpha value is -3.68. The summed E-state index contributed by atoms with van der Waals surface area (Å²) in [6, 6.07) is 16.5. The Bertz CT molecular complexity index is 1030. The van der Waals surface area contributed by atoms with E-state index in [4.69, 9.17) is 4.52 Å². The number of carbonyl (C=O) groups excluding carboxylic acids is 2. The van der Waals surface area contributed by atoms with Crippen LogP contribution in [-0.4, -0.2) is 35.2 Å². The number of aromatic nitrogens is 2. The van der Waals surface area contributed by atoms with Gasteiger partial charge in [0.1, 0.15) is 0 Å². The lowest BCUT2D eigenvalue weighted by molar-refractivity contribution is -0.117. The van der Waals surface area contributed by atoms with E-state index in [1.807, 2.05) is 49.4 Å². The first-order valence-corrected chi connectivity index (χ1v) is 9.98. The highest BCUT2D eigenvalue weighted by molar-refractivity contribution is 5.96. The minimum Gasteiger partial charge on any atom is -0.339 e. The SMILES string of the molecule is CCCNC(=O)Nc1cccc(-c2noc([C@H]3CC(=O)N(c4ccccc4)C3)n2)c1. The van der Waals surface area contributed by atoms with Crippen molar-refractivity contribution in [3.8, 4) is 11.4 Å². The molecule has 8 nitrogen and oxygen atoms in total. The van der Waals surface area contributed by atoms with E-state index in [2.05, 4.69) is 20.8 Å². The molecule has 30 heavy (non-hydrogen) atoms. The second-order valence-electron chi connectivity index (χ2n) is 7.16. The summed E-state index contributed by atoms with van der Waals surface area (Å²) in [5.74, 6) is 0.749. The number of amides is 3. The fourth-order valence-electron chi connectivity index (χ4n) is 3.40. The van der Waals surface area contributed by atoms with E-state index in [1.54, 1.807) is 17.0 Å². The molecule has 3 aromatic rings. The Morgan fingerprint density at radius 1 is 1.20 bits per heavy atom. The zero-order valence-electron chi connectivity index (χ0n) is 16.7. The summed E-state index contributed by atoms with van der Waals surface area (Å²) < 4.78 is 5.47. The van der Waals surface area contributed by atoms with Crippen LogP contribution < -0.4 is 15.5 Å². The van der Waals surface area contributed by atoms with Gasteiger partial charge in [-0.05, 0) is 30.7 Å². The largest absolute Gasteiger partial charge is 0.339 e. The van der Waals surface area contributed by atoms with Crippen LogP contribution in [0.25, 0.3) is 11.4 Å². The van der Waals surface area contributed by atoms with Gasteiger partial charge in [-0.15, -0.1) is 0 Å². The maximum atomic E-state index is 12.4. The van der Waals surface area contributed by atoms with Crippen LogP contribution >= 0.6 is 0 Å². The van der Waals surface area contributed by atoms with Gasteiger partial charge in [0.2, 0.25) is 17.6 Å². The molecule has 0 radical (unpaired) electrons. The van der Waals surface area contributed by atoms with E-state index in [-0.39, 0.29) is 17.9 Å². The fraction of sp³-hybridized carbons (Fsp3) is 0.273. The lowest BCUT2D eigenvalue weighted by atomic mass is 10.1. The summed E-state index contributed by atoms with van der Waals surface area (Å²) in [7, 11) is 0.